The molecule has 0 fully saturated rings. The first-order chi connectivity index (χ1) is 4.43. The third kappa shape index (κ3) is 1.98. The van der Waals surface area contributed by atoms with Gasteiger partial charge in [0.15, 0.2) is 5.09 Å². The molecule has 0 spiro atoms. The van der Waals surface area contributed by atoms with E-state index in [2.05, 4.69) is 6.58 Å². The van der Waals surface area contributed by atoms with Crippen molar-refractivity contribution in [2.24, 2.45) is 0 Å². The van der Waals surface area contributed by atoms with Crippen LogP contribution in [-0.4, -0.2) is 5.75 Å². The van der Waals surface area contributed by atoms with E-state index in [0.717, 1.165) is 10.8 Å². The number of furan rings is 1. The monoisotopic (exact) mass is 140 g/mol. The minimum atomic E-state index is 0.910. The van der Waals surface area contributed by atoms with Gasteiger partial charge < -0.3 is 4.42 Å². The summed E-state index contributed by atoms with van der Waals surface area (Å²) in [4.78, 5) is 0. The van der Waals surface area contributed by atoms with Gasteiger partial charge in [0.05, 0.1) is 6.26 Å². The summed E-state index contributed by atoms with van der Waals surface area (Å²) >= 11 is 1.64. The Bertz CT molecular complexity index is 167. The molecule has 0 aromatic carbocycles. The van der Waals surface area contributed by atoms with Gasteiger partial charge in [-0.1, -0.05) is 17.8 Å². The van der Waals surface area contributed by atoms with Crippen LogP contribution in [0.15, 0.2) is 40.6 Å². The van der Waals surface area contributed by atoms with E-state index in [1.54, 1.807) is 18.0 Å². The zero-order chi connectivity index (χ0) is 6.53. The van der Waals surface area contributed by atoms with E-state index >= 15 is 0 Å². The predicted octanol–water partition coefficient (Wildman–Crippen LogP) is 2.56. The largest absolute Gasteiger partial charge is 0.458 e. The van der Waals surface area contributed by atoms with Gasteiger partial charge in [-0.3, -0.25) is 0 Å². The van der Waals surface area contributed by atoms with Gasteiger partial charge in [0.1, 0.15) is 0 Å². The molecule has 48 valence electrons. The van der Waals surface area contributed by atoms with Crippen molar-refractivity contribution in [2.45, 2.75) is 5.09 Å². The zero-order valence-electron chi connectivity index (χ0n) is 5.04. The summed E-state index contributed by atoms with van der Waals surface area (Å²) in [6.45, 7) is 3.60. The fraction of sp³-hybridized carbons (Fsp3) is 0.143. The highest BCUT2D eigenvalue weighted by atomic mass is 32.2. The van der Waals surface area contributed by atoms with E-state index < -0.39 is 0 Å². The summed E-state index contributed by atoms with van der Waals surface area (Å²) < 4.78 is 5.05. The first-order valence-electron chi connectivity index (χ1n) is 2.70. The Kier molecular flexibility index (Phi) is 2.46. The van der Waals surface area contributed by atoms with Gasteiger partial charge in [-0.2, -0.15) is 0 Å². The van der Waals surface area contributed by atoms with Crippen LogP contribution in [-0.2, 0) is 0 Å². The third-order valence-electron chi connectivity index (χ3n) is 0.839. The molecule has 0 atom stereocenters. The normalized spacial score (nSPS) is 9.33. The second kappa shape index (κ2) is 3.41. The minimum Gasteiger partial charge on any atom is -0.458 e. The van der Waals surface area contributed by atoms with E-state index in [0.29, 0.717) is 0 Å². The molecule has 0 aliphatic rings. The number of hydrogen-bond acceptors (Lipinski definition) is 2. The molecule has 0 radical (unpaired) electrons. The Morgan fingerprint density at radius 2 is 2.67 bits per heavy atom. The summed E-state index contributed by atoms with van der Waals surface area (Å²) in [6.07, 6.45) is 3.53. The third-order valence-corrected chi connectivity index (χ3v) is 1.76. The number of hydrogen-bond donors (Lipinski definition) is 0. The molecule has 0 N–H and O–H groups in total. The smallest absolute Gasteiger partial charge is 0.160 e. The van der Waals surface area contributed by atoms with Gasteiger partial charge in [0.2, 0.25) is 0 Å². The van der Waals surface area contributed by atoms with Crippen LogP contribution in [0.3, 0.4) is 0 Å². The number of thioether (sulfide) groups is 1. The average Bonchev–Trinajstić information content (AvgIpc) is 2.34. The van der Waals surface area contributed by atoms with Crippen molar-refractivity contribution < 1.29 is 4.42 Å². The van der Waals surface area contributed by atoms with Crippen LogP contribution < -0.4 is 0 Å². The SMILES string of the molecule is C=CCSc1ccco1. The fourth-order valence-corrected chi connectivity index (χ4v) is 1.07. The maximum atomic E-state index is 5.05. The van der Waals surface area contributed by atoms with Crippen LogP contribution in [0, 0.1) is 0 Å². The molecule has 0 aliphatic heterocycles. The van der Waals surface area contributed by atoms with E-state index in [1.807, 2.05) is 18.2 Å². The van der Waals surface area contributed by atoms with E-state index in [4.69, 9.17) is 4.42 Å². The minimum absolute atomic E-state index is 0.910. The molecule has 1 aromatic heterocycles. The van der Waals surface area contributed by atoms with Gasteiger partial charge in [0, 0.05) is 5.75 Å². The molecule has 0 saturated carbocycles. The van der Waals surface area contributed by atoms with Crippen LogP contribution in [0.1, 0.15) is 0 Å². The molecule has 0 bridgehead atoms. The van der Waals surface area contributed by atoms with Gasteiger partial charge in [-0.05, 0) is 12.1 Å². The fourth-order valence-electron chi connectivity index (χ4n) is 0.487. The molecule has 1 aromatic rings. The lowest BCUT2D eigenvalue weighted by Gasteiger charge is -1.87. The van der Waals surface area contributed by atoms with Crippen molar-refractivity contribution >= 4 is 11.8 Å². The summed E-state index contributed by atoms with van der Waals surface area (Å²) in [7, 11) is 0. The molecule has 9 heavy (non-hydrogen) atoms. The Morgan fingerprint density at radius 1 is 1.78 bits per heavy atom. The Balaban J connectivity index is 2.38. The Hall–Kier alpha value is -0.630. The topological polar surface area (TPSA) is 13.1 Å². The number of rotatable bonds is 3. The molecule has 2 heteroatoms. The van der Waals surface area contributed by atoms with Crippen LogP contribution in [0.4, 0.5) is 0 Å². The lowest BCUT2D eigenvalue weighted by molar-refractivity contribution is 0.475. The molecule has 1 rings (SSSR count). The van der Waals surface area contributed by atoms with E-state index in [1.165, 1.54) is 0 Å². The van der Waals surface area contributed by atoms with Crippen LogP contribution in [0.2, 0.25) is 0 Å². The molecular weight excluding hydrogens is 132 g/mol. The highest BCUT2D eigenvalue weighted by Gasteiger charge is 1.90. The van der Waals surface area contributed by atoms with Gasteiger partial charge in [-0.15, -0.1) is 6.58 Å². The summed E-state index contributed by atoms with van der Waals surface area (Å²) in [5.41, 5.74) is 0. The maximum Gasteiger partial charge on any atom is 0.160 e. The zero-order valence-corrected chi connectivity index (χ0v) is 5.86. The lowest BCUT2D eigenvalue weighted by Crippen LogP contribution is -1.65. The standard InChI is InChI=1S/C7H8OS/c1-2-6-9-7-4-3-5-8-7/h2-5H,1,6H2. The van der Waals surface area contributed by atoms with Crippen LogP contribution in [0.5, 0.6) is 0 Å². The van der Waals surface area contributed by atoms with Gasteiger partial charge in [0.25, 0.3) is 0 Å². The summed E-state index contributed by atoms with van der Waals surface area (Å²) in [5, 5.41) is 0.954. The second-order valence-corrected chi connectivity index (χ2v) is 2.56. The Morgan fingerprint density at radius 3 is 3.22 bits per heavy atom. The first-order valence-corrected chi connectivity index (χ1v) is 3.69. The van der Waals surface area contributed by atoms with Crippen molar-refractivity contribution in [3.05, 3.63) is 31.1 Å². The summed E-state index contributed by atoms with van der Waals surface area (Å²) in [6, 6.07) is 3.82. The van der Waals surface area contributed by atoms with Crippen LogP contribution >= 0.6 is 11.8 Å². The van der Waals surface area contributed by atoms with Gasteiger partial charge in [-0.25, -0.2) is 0 Å². The quantitative estimate of drug-likeness (QED) is 0.473. The Labute approximate surface area is 58.8 Å². The first kappa shape index (κ1) is 6.49. The van der Waals surface area contributed by atoms with Crippen molar-refractivity contribution in [3.8, 4) is 0 Å². The van der Waals surface area contributed by atoms with Crippen molar-refractivity contribution in [2.75, 3.05) is 5.75 Å². The predicted molar refractivity (Wildman–Crippen MR) is 39.6 cm³/mol. The van der Waals surface area contributed by atoms with Gasteiger partial charge >= 0.3 is 0 Å². The summed E-state index contributed by atoms with van der Waals surface area (Å²) in [5.74, 6) is 0.910. The highest BCUT2D eigenvalue weighted by Crippen LogP contribution is 2.16. The van der Waals surface area contributed by atoms with Crippen LogP contribution in [0.25, 0.3) is 0 Å². The molecular formula is C7H8OS. The molecule has 0 unspecified atom stereocenters. The average molecular weight is 140 g/mol. The second-order valence-electron chi connectivity index (χ2n) is 1.53. The highest BCUT2D eigenvalue weighted by molar-refractivity contribution is 7.99. The van der Waals surface area contributed by atoms with Crippen molar-refractivity contribution in [1.29, 1.82) is 0 Å². The lowest BCUT2D eigenvalue weighted by atomic mass is 10.7. The molecule has 0 amide bonds. The van der Waals surface area contributed by atoms with Crippen molar-refractivity contribution in [3.63, 3.8) is 0 Å². The molecule has 1 heterocycles. The maximum absolute atomic E-state index is 5.05. The van der Waals surface area contributed by atoms with E-state index in [9.17, 15) is 0 Å². The molecule has 1 nitrogen and oxygen atoms in total. The van der Waals surface area contributed by atoms with Crippen molar-refractivity contribution in [1.82, 2.24) is 0 Å². The molecule has 0 aliphatic carbocycles. The molecule has 0 saturated heterocycles. The van der Waals surface area contributed by atoms with E-state index in [-0.39, 0.29) is 0 Å².